The molecule has 0 saturated heterocycles. The minimum Gasteiger partial charge on any atom is -0.368 e. The molecule has 4 rings (SSSR count). The highest BCUT2D eigenvalue weighted by Gasteiger charge is 2.16. The third-order valence-corrected chi connectivity index (χ3v) is 3.78. The molecule has 2 N–H and O–H groups in total. The minimum atomic E-state index is 0. The van der Waals surface area contributed by atoms with Crippen LogP contribution in [-0.4, -0.2) is 37.9 Å². The maximum absolute atomic E-state index is 4.54. The summed E-state index contributed by atoms with van der Waals surface area (Å²) in [5, 5.41) is 9.18. The van der Waals surface area contributed by atoms with Crippen LogP contribution in [0.4, 0.5) is 0 Å². The van der Waals surface area contributed by atoms with E-state index in [1.54, 1.807) is 0 Å². The minimum absolute atomic E-state index is 0. The molecule has 0 aliphatic carbocycles. The molecule has 116 valence electrons. The summed E-state index contributed by atoms with van der Waals surface area (Å²) < 4.78 is 0. The van der Waals surface area contributed by atoms with Gasteiger partial charge in [0.05, 0.1) is 13.1 Å². The van der Waals surface area contributed by atoms with Gasteiger partial charge < -0.3 is 10.6 Å². The van der Waals surface area contributed by atoms with Crippen molar-refractivity contribution in [1.82, 2.24) is 10.6 Å². The third-order valence-electron chi connectivity index (χ3n) is 3.78. The van der Waals surface area contributed by atoms with E-state index < -0.39 is 0 Å². The summed E-state index contributed by atoms with van der Waals surface area (Å²) in [5.41, 5.74) is 2.36. The van der Waals surface area contributed by atoms with Gasteiger partial charge in [-0.3, -0.25) is 9.98 Å². The second-order valence-corrected chi connectivity index (χ2v) is 5.02. The van der Waals surface area contributed by atoms with Gasteiger partial charge in [-0.15, -0.1) is 24.8 Å². The Morgan fingerprint density at radius 3 is 1.50 bits per heavy atom. The molecule has 0 unspecified atom stereocenters. The predicted octanol–water partition coefficient (Wildman–Crippen LogP) is 2.38. The number of fused-ring (bicyclic) bond motifs is 1. The number of hydrogen-bond donors (Lipinski definition) is 2. The highest BCUT2D eigenvalue weighted by molar-refractivity contribution is 6.17. The topological polar surface area (TPSA) is 48.8 Å². The molecule has 0 bridgehead atoms. The van der Waals surface area contributed by atoms with Crippen molar-refractivity contribution in [2.45, 2.75) is 0 Å². The first-order chi connectivity index (χ1) is 9.93. The van der Waals surface area contributed by atoms with Crippen LogP contribution in [0.15, 0.2) is 46.4 Å². The van der Waals surface area contributed by atoms with E-state index in [0.29, 0.717) is 0 Å². The van der Waals surface area contributed by atoms with Crippen LogP contribution in [0.3, 0.4) is 0 Å². The van der Waals surface area contributed by atoms with Gasteiger partial charge in [0.25, 0.3) is 0 Å². The van der Waals surface area contributed by atoms with Gasteiger partial charge >= 0.3 is 0 Å². The Labute approximate surface area is 141 Å². The summed E-state index contributed by atoms with van der Waals surface area (Å²) >= 11 is 0. The highest BCUT2D eigenvalue weighted by Crippen LogP contribution is 2.24. The van der Waals surface area contributed by atoms with E-state index in [2.05, 4.69) is 57.0 Å². The van der Waals surface area contributed by atoms with Crippen LogP contribution in [0.5, 0.6) is 0 Å². The maximum atomic E-state index is 4.54. The largest absolute Gasteiger partial charge is 0.368 e. The second-order valence-electron chi connectivity index (χ2n) is 5.02. The summed E-state index contributed by atoms with van der Waals surface area (Å²) in [7, 11) is 0. The zero-order valence-corrected chi connectivity index (χ0v) is 13.6. The summed E-state index contributed by atoms with van der Waals surface area (Å²) in [6.07, 6.45) is 0. The lowest BCUT2D eigenvalue weighted by Gasteiger charge is -2.12. The van der Waals surface area contributed by atoms with Crippen molar-refractivity contribution in [1.29, 1.82) is 0 Å². The van der Waals surface area contributed by atoms with E-state index in [9.17, 15) is 0 Å². The van der Waals surface area contributed by atoms with E-state index in [0.717, 1.165) is 37.9 Å². The first-order valence-corrected chi connectivity index (χ1v) is 7.02. The lowest BCUT2D eigenvalue weighted by atomic mass is 9.98. The molecule has 6 heteroatoms. The van der Waals surface area contributed by atoms with E-state index in [1.807, 2.05) is 0 Å². The number of hydrogen-bond acceptors (Lipinski definition) is 4. The Morgan fingerprint density at radius 2 is 1.14 bits per heavy atom. The van der Waals surface area contributed by atoms with E-state index in [4.69, 9.17) is 0 Å². The normalized spacial score (nSPS) is 16.0. The van der Waals surface area contributed by atoms with Crippen LogP contribution in [0.25, 0.3) is 10.8 Å². The quantitative estimate of drug-likeness (QED) is 0.884. The second kappa shape index (κ2) is 6.99. The van der Waals surface area contributed by atoms with E-state index >= 15 is 0 Å². The maximum Gasteiger partial charge on any atom is 0.129 e. The fraction of sp³-hybridized carbons (Fsp3) is 0.250. The zero-order valence-electron chi connectivity index (χ0n) is 12.0. The summed E-state index contributed by atoms with van der Waals surface area (Å²) in [4.78, 5) is 9.09. The van der Waals surface area contributed by atoms with Gasteiger partial charge in [-0.05, 0) is 22.9 Å². The predicted molar refractivity (Wildman–Crippen MR) is 97.3 cm³/mol. The van der Waals surface area contributed by atoms with Crippen molar-refractivity contribution in [3.63, 3.8) is 0 Å². The van der Waals surface area contributed by atoms with Crippen LogP contribution in [0, 0.1) is 0 Å². The monoisotopic (exact) mass is 336 g/mol. The average molecular weight is 337 g/mol. The van der Waals surface area contributed by atoms with Crippen molar-refractivity contribution in [2.75, 3.05) is 26.2 Å². The van der Waals surface area contributed by atoms with Crippen molar-refractivity contribution < 1.29 is 0 Å². The van der Waals surface area contributed by atoms with Crippen LogP contribution < -0.4 is 10.6 Å². The number of nitrogens with zero attached hydrogens (tertiary/aromatic N) is 2. The molecule has 22 heavy (non-hydrogen) atoms. The lowest BCUT2D eigenvalue weighted by Crippen LogP contribution is -2.22. The molecule has 0 radical (unpaired) electrons. The fourth-order valence-electron chi connectivity index (χ4n) is 2.87. The Morgan fingerprint density at radius 1 is 0.682 bits per heavy atom. The molecular weight excluding hydrogens is 319 g/mol. The van der Waals surface area contributed by atoms with Gasteiger partial charge in [-0.2, -0.15) is 0 Å². The number of aliphatic imine (C=N–C) groups is 2. The number of halogens is 2. The molecule has 2 aliphatic heterocycles. The van der Waals surface area contributed by atoms with Gasteiger partial charge in [-0.25, -0.2) is 0 Å². The molecule has 0 amide bonds. The van der Waals surface area contributed by atoms with Gasteiger partial charge in [0.2, 0.25) is 0 Å². The molecule has 2 aromatic carbocycles. The first-order valence-electron chi connectivity index (χ1n) is 7.02. The summed E-state index contributed by atoms with van der Waals surface area (Å²) in [6, 6.07) is 12.8. The molecule has 2 aromatic rings. The van der Waals surface area contributed by atoms with Crippen LogP contribution in [0.1, 0.15) is 11.1 Å². The van der Waals surface area contributed by atoms with E-state index in [1.165, 1.54) is 21.9 Å². The summed E-state index contributed by atoms with van der Waals surface area (Å²) in [6.45, 7) is 3.58. The molecule has 0 saturated carbocycles. The average Bonchev–Trinajstić information content (AvgIpc) is 3.19. The smallest absolute Gasteiger partial charge is 0.129 e. The Kier molecular flexibility index (Phi) is 5.27. The van der Waals surface area contributed by atoms with E-state index in [-0.39, 0.29) is 24.8 Å². The molecule has 0 aromatic heterocycles. The SMILES string of the molecule is Cl.Cl.c1ccc2c(C3=NCCN3)ccc(C3=NCCN3)c2c1. The van der Waals surface area contributed by atoms with Crippen molar-refractivity contribution in [3.8, 4) is 0 Å². The lowest BCUT2D eigenvalue weighted by molar-refractivity contribution is 0.960. The molecule has 0 fully saturated rings. The van der Waals surface area contributed by atoms with Gasteiger partial charge in [0.1, 0.15) is 11.7 Å². The molecular formula is C16H18Cl2N4. The molecule has 2 heterocycles. The van der Waals surface area contributed by atoms with Crippen molar-refractivity contribution >= 4 is 47.3 Å². The van der Waals surface area contributed by atoms with Gasteiger partial charge in [0.15, 0.2) is 0 Å². The number of amidine groups is 2. The molecule has 4 nitrogen and oxygen atoms in total. The van der Waals surface area contributed by atoms with Crippen LogP contribution in [0.2, 0.25) is 0 Å². The zero-order chi connectivity index (χ0) is 13.4. The highest BCUT2D eigenvalue weighted by atomic mass is 35.5. The number of nitrogens with one attached hydrogen (secondary N) is 2. The molecule has 0 spiro atoms. The number of benzene rings is 2. The number of rotatable bonds is 2. The van der Waals surface area contributed by atoms with Crippen molar-refractivity contribution in [3.05, 3.63) is 47.5 Å². The van der Waals surface area contributed by atoms with Crippen LogP contribution in [-0.2, 0) is 0 Å². The Bertz CT molecular complexity index is 678. The standard InChI is InChI=1S/C16H16N4.2ClH/c1-2-4-12-11(3-1)13(15-17-7-8-18-15)5-6-14(12)16-19-9-10-20-16;;/h1-6H,7-10H2,(H,17,18)(H,19,20);2*1H. The Balaban J connectivity index is 0.000000882. The third kappa shape index (κ3) is 2.76. The Hall–Kier alpha value is -1.78. The molecule has 2 aliphatic rings. The fourth-order valence-corrected chi connectivity index (χ4v) is 2.87. The van der Waals surface area contributed by atoms with Gasteiger partial charge in [-0.1, -0.05) is 24.3 Å². The van der Waals surface area contributed by atoms with Gasteiger partial charge in [0, 0.05) is 24.2 Å². The summed E-state index contributed by atoms with van der Waals surface area (Å²) in [5.74, 6) is 2.02. The van der Waals surface area contributed by atoms with Crippen LogP contribution >= 0.6 is 24.8 Å². The first kappa shape index (κ1) is 16.6. The molecule has 0 atom stereocenters. The van der Waals surface area contributed by atoms with Crippen molar-refractivity contribution in [2.24, 2.45) is 9.98 Å².